The monoisotopic (exact) mass is 497 g/mol. The van der Waals surface area contributed by atoms with Gasteiger partial charge < -0.3 is 19.0 Å². The molecule has 1 atom stereocenters. The van der Waals surface area contributed by atoms with Gasteiger partial charge in [-0.3, -0.25) is 4.40 Å². The Morgan fingerprint density at radius 2 is 1.62 bits per heavy atom. The van der Waals surface area contributed by atoms with Crippen molar-refractivity contribution >= 4 is 5.65 Å². The fraction of sp³-hybridized carbons (Fsp3) is 0.267. The van der Waals surface area contributed by atoms with Crippen LogP contribution >= 0.6 is 0 Å². The summed E-state index contributed by atoms with van der Waals surface area (Å²) in [6, 6.07) is 24.0. The number of nitrogens with zero attached hydrogens (tertiary/aromatic N) is 3. The summed E-state index contributed by atoms with van der Waals surface area (Å²) in [7, 11) is 0. The molecular weight excluding hydrogens is 466 g/mol. The topological polar surface area (TPSA) is 82.0 Å². The predicted octanol–water partition coefficient (Wildman–Crippen LogP) is 5.89. The first-order chi connectivity index (χ1) is 17.9. The molecule has 5 rings (SSSR count). The third kappa shape index (κ3) is 5.74. The summed E-state index contributed by atoms with van der Waals surface area (Å²) in [6.45, 7) is 5.58. The molecule has 0 saturated heterocycles. The van der Waals surface area contributed by atoms with E-state index < -0.39 is 11.7 Å². The van der Waals surface area contributed by atoms with Crippen LogP contribution in [-0.2, 0) is 17.6 Å². The van der Waals surface area contributed by atoms with Gasteiger partial charge in [-0.15, -0.1) is 0 Å². The lowest BCUT2D eigenvalue weighted by atomic mass is 9.96. The van der Waals surface area contributed by atoms with Crippen LogP contribution < -0.4 is 4.74 Å². The Morgan fingerprint density at radius 1 is 0.892 bits per heavy atom. The number of ether oxygens (including phenoxy) is 2. The Morgan fingerprint density at radius 3 is 2.30 bits per heavy atom. The summed E-state index contributed by atoms with van der Waals surface area (Å²) in [5, 5.41) is 10.4. The molecular formula is C30H31N3O4. The molecule has 0 fully saturated rings. The van der Waals surface area contributed by atoms with E-state index in [2.05, 4.69) is 12.1 Å². The van der Waals surface area contributed by atoms with Gasteiger partial charge in [0.1, 0.15) is 11.5 Å². The van der Waals surface area contributed by atoms with E-state index in [1.54, 1.807) is 6.26 Å². The van der Waals surface area contributed by atoms with E-state index in [0.29, 0.717) is 30.1 Å². The van der Waals surface area contributed by atoms with Crippen molar-refractivity contribution in [3.8, 4) is 17.1 Å². The highest BCUT2D eigenvalue weighted by Crippen LogP contribution is 2.30. The van der Waals surface area contributed by atoms with Crippen molar-refractivity contribution < 1.29 is 19.0 Å². The molecule has 0 aliphatic rings. The zero-order valence-electron chi connectivity index (χ0n) is 21.3. The SMILES string of the molecule is CC(C)(C)C(O)OCOc1c(Cc2ccco2)nc2c(Cc3ccccc3)nc(-c3ccccc3)cn12. The lowest BCUT2D eigenvalue weighted by molar-refractivity contribution is -0.191. The van der Waals surface area contributed by atoms with Crippen LogP contribution in [0, 0.1) is 5.41 Å². The molecule has 1 N–H and O–H groups in total. The van der Waals surface area contributed by atoms with Gasteiger partial charge in [0.15, 0.2) is 18.7 Å². The number of rotatable bonds is 9. The molecule has 1 unspecified atom stereocenters. The quantitative estimate of drug-likeness (QED) is 0.256. The highest BCUT2D eigenvalue weighted by molar-refractivity contribution is 5.63. The molecule has 190 valence electrons. The largest absolute Gasteiger partial charge is 0.469 e. The molecule has 0 saturated carbocycles. The van der Waals surface area contributed by atoms with Gasteiger partial charge >= 0.3 is 0 Å². The van der Waals surface area contributed by atoms with E-state index in [4.69, 9.17) is 23.9 Å². The molecule has 0 aliphatic heterocycles. The molecule has 0 aliphatic carbocycles. The number of imidazole rings is 1. The van der Waals surface area contributed by atoms with E-state index in [1.165, 1.54) is 0 Å². The zero-order chi connectivity index (χ0) is 25.8. The molecule has 37 heavy (non-hydrogen) atoms. The van der Waals surface area contributed by atoms with Gasteiger partial charge in [-0.05, 0) is 17.7 Å². The lowest BCUT2D eigenvalue weighted by Gasteiger charge is -2.25. The second-order valence-electron chi connectivity index (χ2n) is 10.1. The van der Waals surface area contributed by atoms with Crippen molar-refractivity contribution in [2.45, 2.75) is 39.9 Å². The van der Waals surface area contributed by atoms with Crippen LogP contribution in [0.15, 0.2) is 89.7 Å². The standard InChI is InChI=1S/C30H31N3O4/c1-30(2,3)29(34)37-20-36-28-25(18-23-15-10-16-35-23)32-27-24(17-21-11-6-4-7-12-21)31-26(19-33(27)28)22-13-8-5-9-14-22/h4-16,19,29,34H,17-18,20H2,1-3H3. The normalized spacial score (nSPS) is 12.6. The van der Waals surface area contributed by atoms with E-state index in [0.717, 1.165) is 28.3 Å². The molecule has 0 radical (unpaired) electrons. The fourth-order valence-corrected chi connectivity index (χ4v) is 4.04. The maximum Gasteiger partial charge on any atom is 0.224 e. The summed E-state index contributed by atoms with van der Waals surface area (Å²) in [4.78, 5) is 9.99. The van der Waals surface area contributed by atoms with Crippen molar-refractivity contribution in [2.75, 3.05) is 6.79 Å². The number of furan rings is 1. The molecule has 7 nitrogen and oxygen atoms in total. The number of aliphatic hydroxyl groups excluding tert-OH is 1. The van der Waals surface area contributed by atoms with Gasteiger partial charge in [-0.1, -0.05) is 81.4 Å². The first-order valence-corrected chi connectivity index (χ1v) is 12.3. The van der Waals surface area contributed by atoms with Crippen LogP contribution in [0.5, 0.6) is 5.88 Å². The number of fused-ring (bicyclic) bond motifs is 1. The molecule has 0 spiro atoms. The highest BCUT2D eigenvalue weighted by atomic mass is 16.7. The van der Waals surface area contributed by atoms with Crippen molar-refractivity contribution in [1.29, 1.82) is 0 Å². The van der Waals surface area contributed by atoms with E-state index in [1.807, 2.05) is 92.0 Å². The van der Waals surface area contributed by atoms with Gasteiger partial charge in [-0.25, -0.2) is 9.97 Å². The summed E-state index contributed by atoms with van der Waals surface area (Å²) < 4.78 is 19.3. The molecule has 0 bridgehead atoms. The van der Waals surface area contributed by atoms with Crippen LogP contribution in [0.3, 0.4) is 0 Å². The molecule has 3 heterocycles. The maximum absolute atomic E-state index is 10.4. The van der Waals surface area contributed by atoms with Crippen molar-refractivity contribution in [1.82, 2.24) is 14.4 Å². The maximum atomic E-state index is 10.4. The smallest absolute Gasteiger partial charge is 0.224 e. The molecule has 3 aromatic heterocycles. The number of aromatic nitrogens is 3. The molecule has 7 heteroatoms. The van der Waals surface area contributed by atoms with Crippen molar-refractivity contribution in [3.05, 3.63) is 108 Å². The van der Waals surface area contributed by atoms with Crippen LogP contribution in [0.2, 0.25) is 0 Å². The van der Waals surface area contributed by atoms with E-state index in [-0.39, 0.29) is 6.79 Å². The zero-order valence-corrected chi connectivity index (χ0v) is 21.3. The molecule has 2 aromatic carbocycles. The minimum atomic E-state index is -0.976. The number of aliphatic hydroxyl groups is 1. The van der Waals surface area contributed by atoms with Crippen LogP contribution in [-0.4, -0.2) is 32.6 Å². The summed E-state index contributed by atoms with van der Waals surface area (Å²) in [5.41, 5.74) is 4.73. The summed E-state index contributed by atoms with van der Waals surface area (Å²) in [6.07, 6.45) is 3.66. The van der Waals surface area contributed by atoms with Crippen LogP contribution in [0.4, 0.5) is 0 Å². The predicted molar refractivity (Wildman–Crippen MR) is 141 cm³/mol. The van der Waals surface area contributed by atoms with Gasteiger partial charge in [0.05, 0.1) is 24.1 Å². The minimum Gasteiger partial charge on any atom is -0.469 e. The van der Waals surface area contributed by atoms with Gasteiger partial charge in [0.2, 0.25) is 5.88 Å². The number of benzene rings is 2. The first kappa shape index (κ1) is 24.7. The van der Waals surface area contributed by atoms with Crippen LogP contribution in [0.25, 0.3) is 16.9 Å². The van der Waals surface area contributed by atoms with Crippen LogP contribution in [0.1, 0.15) is 43.5 Å². The van der Waals surface area contributed by atoms with Gasteiger partial charge in [-0.2, -0.15) is 0 Å². The third-order valence-corrected chi connectivity index (χ3v) is 6.07. The Balaban J connectivity index is 1.61. The van der Waals surface area contributed by atoms with Crippen molar-refractivity contribution in [3.63, 3.8) is 0 Å². The summed E-state index contributed by atoms with van der Waals surface area (Å²) in [5.74, 6) is 1.30. The minimum absolute atomic E-state index is 0.131. The summed E-state index contributed by atoms with van der Waals surface area (Å²) >= 11 is 0. The average molecular weight is 498 g/mol. The second-order valence-corrected chi connectivity index (χ2v) is 10.1. The molecule has 5 aromatic rings. The lowest BCUT2D eigenvalue weighted by Crippen LogP contribution is -2.30. The molecule has 0 amide bonds. The number of hydrogen-bond acceptors (Lipinski definition) is 6. The number of hydrogen-bond donors (Lipinski definition) is 1. The Bertz CT molecular complexity index is 1440. The Kier molecular flexibility index (Phi) is 7.08. The van der Waals surface area contributed by atoms with Gasteiger partial charge in [0.25, 0.3) is 0 Å². The van der Waals surface area contributed by atoms with E-state index in [9.17, 15) is 5.11 Å². The Labute approximate surface area is 216 Å². The average Bonchev–Trinajstić information content (AvgIpc) is 3.53. The second kappa shape index (κ2) is 10.6. The Hall–Kier alpha value is -3.94. The first-order valence-electron chi connectivity index (χ1n) is 12.3. The highest BCUT2D eigenvalue weighted by Gasteiger charge is 2.24. The third-order valence-electron chi connectivity index (χ3n) is 6.07. The van der Waals surface area contributed by atoms with E-state index >= 15 is 0 Å². The van der Waals surface area contributed by atoms with Gasteiger partial charge in [0, 0.05) is 23.6 Å². The fourth-order valence-electron chi connectivity index (χ4n) is 4.04. The van der Waals surface area contributed by atoms with Crippen molar-refractivity contribution in [2.24, 2.45) is 5.41 Å².